The van der Waals surface area contributed by atoms with E-state index in [9.17, 15) is 23.1 Å². The van der Waals surface area contributed by atoms with Crippen LogP contribution in [0.1, 0.15) is 19.4 Å². The minimum atomic E-state index is -4.01. The number of hydrogen-bond donors (Lipinski definition) is 2. The number of carbonyl (C=O) groups excluding carboxylic acids is 1. The first-order valence-corrected chi connectivity index (χ1v) is 10.2. The zero-order valence-electron chi connectivity index (χ0n) is 15.0. The highest BCUT2D eigenvalue weighted by atomic mass is 32.2. The lowest BCUT2D eigenvalue weighted by Gasteiger charge is -2.31. The van der Waals surface area contributed by atoms with E-state index < -0.39 is 44.1 Å². The maximum absolute atomic E-state index is 12.9. The molecule has 1 heterocycles. The third-order valence-electron chi connectivity index (χ3n) is 4.69. The number of morpholine rings is 1. The summed E-state index contributed by atoms with van der Waals surface area (Å²) >= 11 is 0. The van der Waals surface area contributed by atoms with Crippen molar-refractivity contribution in [3.8, 4) is 0 Å². The van der Waals surface area contributed by atoms with Crippen LogP contribution in [0.4, 0.5) is 0 Å². The number of hydrogen-bond acceptors (Lipinski definition) is 6. The Kier molecular flexibility index (Phi) is 6.54. The number of carboxylic acid groups (broad SMARTS) is 1. The third kappa shape index (κ3) is 4.69. The molecule has 7 nitrogen and oxygen atoms in total. The standard InChI is InChI=1S/C18H25NO6S/c1-18(2,16(20)15-11-19-8-9-25-15)26(23,24)12-14(17(21)22)10-13-6-4-3-5-7-13/h3-7,14-15,19H,8-12H2,1-2H3,(H,21,22)/t14-,15?/m1/s1. The van der Waals surface area contributed by atoms with Crippen molar-refractivity contribution < 1.29 is 27.9 Å². The molecule has 1 aliphatic heterocycles. The Morgan fingerprint density at radius 1 is 1.31 bits per heavy atom. The summed E-state index contributed by atoms with van der Waals surface area (Å²) in [5.41, 5.74) is 0.735. The Bertz CT molecular complexity index is 738. The molecule has 0 aliphatic carbocycles. The number of benzene rings is 1. The van der Waals surface area contributed by atoms with Gasteiger partial charge in [0, 0.05) is 13.1 Å². The van der Waals surface area contributed by atoms with Gasteiger partial charge in [0.05, 0.1) is 18.3 Å². The van der Waals surface area contributed by atoms with Gasteiger partial charge in [-0.15, -0.1) is 0 Å². The van der Waals surface area contributed by atoms with E-state index in [1.807, 2.05) is 0 Å². The van der Waals surface area contributed by atoms with Gasteiger partial charge >= 0.3 is 5.97 Å². The van der Waals surface area contributed by atoms with E-state index >= 15 is 0 Å². The predicted molar refractivity (Wildman–Crippen MR) is 96.8 cm³/mol. The van der Waals surface area contributed by atoms with Gasteiger partial charge in [-0.25, -0.2) is 8.42 Å². The van der Waals surface area contributed by atoms with Crippen LogP contribution in [-0.4, -0.2) is 61.6 Å². The van der Waals surface area contributed by atoms with Crippen LogP contribution in [0.2, 0.25) is 0 Å². The summed E-state index contributed by atoms with van der Waals surface area (Å²) in [6.07, 6.45) is -0.757. The smallest absolute Gasteiger partial charge is 0.307 e. The molecule has 8 heteroatoms. The van der Waals surface area contributed by atoms with Crippen LogP contribution in [-0.2, 0) is 30.6 Å². The fourth-order valence-corrected chi connectivity index (χ4v) is 4.51. The number of carbonyl (C=O) groups is 2. The molecule has 2 atom stereocenters. The van der Waals surface area contributed by atoms with Gasteiger partial charge in [0.2, 0.25) is 0 Å². The summed E-state index contributed by atoms with van der Waals surface area (Å²) in [5.74, 6) is -3.47. The largest absolute Gasteiger partial charge is 0.481 e. The molecule has 2 rings (SSSR count). The number of ether oxygens (including phenoxy) is 1. The number of rotatable bonds is 8. The maximum Gasteiger partial charge on any atom is 0.307 e. The number of ketones is 1. The van der Waals surface area contributed by atoms with Gasteiger partial charge in [0.1, 0.15) is 10.9 Å². The predicted octanol–water partition coefficient (Wildman–Crippen LogP) is 0.681. The minimum absolute atomic E-state index is 0.0845. The lowest BCUT2D eigenvalue weighted by Crippen LogP contribution is -2.54. The van der Waals surface area contributed by atoms with Crippen molar-refractivity contribution in [1.82, 2.24) is 5.32 Å². The fraction of sp³-hybridized carbons (Fsp3) is 0.556. The van der Waals surface area contributed by atoms with Gasteiger partial charge < -0.3 is 15.2 Å². The molecule has 1 fully saturated rings. The molecular formula is C18H25NO6S. The second kappa shape index (κ2) is 8.28. The Hall–Kier alpha value is -1.77. The van der Waals surface area contributed by atoms with Crippen molar-refractivity contribution in [3.05, 3.63) is 35.9 Å². The van der Waals surface area contributed by atoms with E-state index in [0.717, 1.165) is 5.56 Å². The van der Waals surface area contributed by atoms with Crippen LogP contribution in [0.25, 0.3) is 0 Å². The minimum Gasteiger partial charge on any atom is -0.481 e. The van der Waals surface area contributed by atoms with Gasteiger partial charge in [-0.1, -0.05) is 30.3 Å². The molecule has 1 aromatic carbocycles. The normalized spacial score (nSPS) is 19.7. The van der Waals surface area contributed by atoms with E-state index in [2.05, 4.69) is 5.32 Å². The van der Waals surface area contributed by atoms with Crippen molar-refractivity contribution in [1.29, 1.82) is 0 Å². The van der Waals surface area contributed by atoms with E-state index in [1.165, 1.54) is 13.8 Å². The molecule has 2 N–H and O–H groups in total. The van der Waals surface area contributed by atoms with E-state index in [1.54, 1.807) is 30.3 Å². The van der Waals surface area contributed by atoms with E-state index in [4.69, 9.17) is 4.74 Å². The molecular weight excluding hydrogens is 358 g/mol. The number of nitrogens with one attached hydrogen (secondary N) is 1. The van der Waals surface area contributed by atoms with Crippen molar-refractivity contribution in [2.24, 2.45) is 5.92 Å². The van der Waals surface area contributed by atoms with E-state index in [-0.39, 0.29) is 13.0 Å². The molecule has 0 amide bonds. The first-order chi connectivity index (χ1) is 12.1. The molecule has 0 saturated carbocycles. The molecule has 1 aromatic rings. The molecule has 0 bridgehead atoms. The van der Waals surface area contributed by atoms with Crippen LogP contribution in [0, 0.1) is 5.92 Å². The number of aliphatic carboxylic acids is 1. The molecule has 144 valence electrons. The Balaban J connectivity index is 2.17. The molecule has 1 aliphatic rings. The van der Waals surface area contributed by atoms with Crippen LogP contribution in [0.3, 0.4) is 0 Å². The topological polar surface area (TPSA) is 110 Å². The molecule has 26 heavy (non-hydrogen) atoms. The first kappa shape index (κ1) is 20.5. The molecule has 1 saturated heterocycles. The second-order valence-corrected chi connectivity index (χ2v) is 9.53. The summed E-state index contributed by atoms with van der Waals surface area (Å²) in [6.45, 7) is 3.84. The van der Waals surface area contributed by atoms with Crippen LogP contribution in [0.15, 0.2) is 30.3 Å². The van der Waals surface area contributed by atoms with Gasteiger partial charge in [-0.05, 0) is 25.8 Å². The Morgan fingerprint density at radius 2 is 1.96 bits per heavy atom. The van der Waals surface area contributed by atoms with Gasteiger partial charge in [0.15, 0.2) is 15.6 Å². The summed E-state index contributed by atoms with van der Waals surface area (Å²) in [4.78, 5) is 24.3. The molecule has 0 radical (unpaired) electrons. The molecule has 1 unspecified atom stereocenters. The highest BCUT2D eigenvalue weighted by Crippen LogP contribution is 2.25. The second-order valence-electron chi connectivity index (χ2n) is 6.94. The summed E-state index contributed by atoms with van der Waals surface area (Å²) in [7, 11) is -4.01. The summed E-state index contributed by atoms with van der Waals surface area (Å²) in [5, 5.41) is 12.5. The van der Waals surface area contributed by atoms with Gasteiger partial charge in [-0.2, -0.15) is 0 Å². The molecule has 0 spiro atoms. The number of Topliss-reactive ketones (excluding diaryl/α,β-unsaturated/α-hetero) is 1. The quantitative estimate of drug-likeness (QED) is 0.679. The van der Waals surface area contributed by atoms with Crippen molar-refractivity contribution in [3.63, 3.8) is 0 Å². The van der Waals surface area contributed by atoms with Crippen LogP contribution >= 0.6 is 0 Å². The highest BCUT2D eigenvalue weighted by molar-refractivity contribution is 7.93. The average molecular weight is 383 g/mol. The summed E-state index contributed by atoms with van der Waals surface area (Å²) in [6, 6.07) is 8.84. The Morgan fingerprint density at radius 3 is 2.50 bits per heavy atom. The number of carboxylic acids is 1. The average Bonchev–Trinajstić information content (AvgIpc) is 2.61. The van der Waals surface area contributed by atoms with E-state index in [0.29, 0.717) is 13.2 Å². The van der Waals surface area contributed by atoms with Crippen molar-refractivity contribution >= 4 is 21.6 Å². The highest BCUT2D eigenvalue weighted by Gasteiger charge is 2.46. The summed E-state index contributed by atoms with van der Waals surface area (Å²) < 4.78 is 29.4. The first-order valence-electron chi connectivity index (χ1n) is 8.51. The Labute approximate surface area is 153 Å². The third-order valence-corrected chi connectivity index (χ3v) is 7.28. The lowest BCUT2D eigenvalue weighted by atomic mass is 10.0. The zero-order valence-corrected chi connectivity index (χ0v) is 15.8. The van der Waals surface area contributed by atoms with Gasteiger partial charge in [0.25, 0.3) is 0 Å². The number of sulfone groups is 1. The van der Waals surface area contributed by atoms with Crippen molar-refractivity contribution in [2.75, 3.05) is 25.4 Å². The van der Waals surface area contributed by atoms with Crippen LogP contribution < -0.4 is 5.32 Å². The van der Waals surface area contributed by atoms with Crippen LogP contribution in [0.5, 0.6) is 0 Å². The fourth-order valence-electron chi connectivity index (χ4n) is 2.86. The zero-order chi connectivity index (χ0) is 19.4. The SMILES string of the molecule is CC(C)(C(=O)C1CNCCO1)S(=O)(=O)C[C@@H](Cc1ccccc1)C(=O)O. The monoisotopic (exact) mass is 383 g/mol. The maximum atomic E-state index is 12.9. The van der Waals surface area contributed by atoms with Crippen molar-refractivity contribution in [2.45, 2.75) is 31.1 Å². The molecule has 0 aromatic heterocycles. The lowest BCUT2D eigenvalue weighted by molar-refractivity contribution is -0.141. The van der Waals surface area contributed by atoms with Gasteiger partial charge in [-0.3, -0.25) is 9.59 Å².